The van der Waals surface area contributed by atoms with Crippen LogP contribution in [0, 0.1) is 23.2 Å². The first-order valence-electron chi connectivity index (χ1n) is 10.6. The first-order valence-corrected chi connectivity index (χ1v) is 10.6. The van der Waals surface area contributed by atoms with Gasteiger partial charge in [-0.05, 0) is 87.3 Å². The Bertz CT molecular complexity index is 704. The van der Waals surface area contributed by atoms with Gasteiger partial charge in [0, 0.05) is 18.2 Å². The van der Waals surface area contributed by atoms with Crippen molar-refractivity contribution < 1.29 is 14.3 Å². The van der Waals surface area contributed by atoms with E-state index in [1.54, 1.807) is 14.2 Å². The third-order valence-electron chi connectivity index (χ3n) is 7.57. The number of methoxy groups -OCH3 is 2. The molecule has 0 unspecified atom stereocenters. The number of ether oxygens (including phenoxy) is 2. The molecule has 6 rings (SSSR count). The number of nitrogens with zero attached hydrogens (tertiary/aromatic N) is 1. The van der Waals surface area contributed by atoms with Gasteiger partial charge in [0.1, 0.15) is 11.5 Å². The molecule has 0 heterocycles. The summed E-state index contributed by atoms with van der Waals surface area (Å²) in [5.74, 6) is 4.50. The van der Waals surface area contributed by atoms with Crippen molar-refractivity contribution in [3.63, 3.8) is 0 Å². The van der Waals surface area contributed by atoms with Crippen LogP contribution in [0.15, 0.2) is 18.2 Å². The van der Waals surface area contributed by atoms with Gasteiger partial charge in [0.25, 0.3) is 0 Å². The maximum absolute atomic E-state index is 13.9. The van der Waals surface area contributed by atoms with E-state index in [9.17, 15) is 4.79 Å². The second-order valence-electron chi connectivity index (χ2n) is 9.54. The Balaban J connectivity index is 1.43. The minimum Gasteiger partial charge on any atom is -0.497 e. The SMILES string of the molecule is COc1ccc(OC)c(CN(C(=O)C23CC4CC(CC(C4)C2)C3)C2CC2)c1. The Morgan fingerprint density at radius 2 is 1.67 bits per heavy atom. The number of hydrogen-bond donors (Lipinski definition) is 0. The molecule has 0 spiro atoms. The van der Waals surface area contributed by atoms with Gasteiger partial charge < -0.3 is 14.4 Å². The maximum atomic E-state index is 13.9. The predicted octanol–water partition coefficient (Wildman–Crippen LogP) is 4.41. The lowest BCUT2D eigenvalue weighted by molar-refractivity contribution is -0.159. The molecular weight excluding hydrogens is 338 g/mol. The van der Waals surface area contributed by atoms with E-state index in [4.69, 9.17) is 9.47 Å². The van der Waals surface area contributed by atoms with E-state index in [2.05, 4.69) is 4.90 Å². The van der Waals surface area contributed by atoms with Gasteiger partial charge in [-0.1, -0.05) is 0 Å². The average Bonchev–Trinajstić information content (AvgIpc) is 3.49. The first-order chi connectivity index (χ1) is 13.1. The van der Waals surface area contributed by atoms with Crippen LogP contribution < -0.4 is 9.47 Å². The molecule has 4 bridgehead atoms. The fourth-order valence-corrected chi connectivity index (χ4v) is 6.62. The fraction of sp³-hybridized carbons (Fsp3) is 0.696. The average molecular weight is 370 g/mol. The quantitative estimate of drug-likeness (QED) is 0.745. The lowest BCUT2D eigenvalue weighted by atomic mass is 9.49. The van der Waals surface area contributed by atoms with Crippen molar-refractivity contribution in [2.75, 3.05) is 14.2 Å². The Hall–Kier alpha value is -1.71. The third kappa shape index (κ3) is 3.01. The van der Waals surface area contributed by atoms with Gasteiger partial charge in [-0.3, -0.25) is 4.79 Å². The standard InChI is InChI=1S/C23H31NO3/c1-26-20-5-6-21(27-2)18(10-20)14-24(19-3-4-19)22(25)23-11-15-7-16(12-23)9-17(8-15)13-23/h5-6,10,15-17,19H,3-4,7-9,11-14H2,1-2H3. The highest BCUT2D eigenvalue weighted by molar-refractivity contribution is 5.84. The van der Waals surface area contributed by atoms with E-state index in [-0.39, 0.29) is 5.41 Å². The zero-order valence-electron chi connectivity index (χ0n) is 16.6. The number of hydrogen-bond acceptors (Lipinski definition) is 3. The number of amides is 1. The van der Waals surface area contributed by atoms with Crippen LogP contribution in [0.5, 0.6) is 11.5 Å². The van der Waals surface area contributed by atoms with E-state index >= 15 is 0 Å². The van der Waals surface area contributed by atoms with E-state index in [1.807, 2.05) is 18.2 Å². The molecule has 146 valence electrons. The highest BCUT2D eigenvalue weighted by atomic mass is 16.5. The Kier molecular flexibility index (Phi) is 4.14. The van der Waals surface area contributed by atoms with E-state index in [0.717, 1.165) is 66.9 Å². The van der Waals surface area contributed by atoms with Crippen molar-refractivity contribution in [3.05, 3.63) is 23.8 Å². The molecule has 1 amide bonds. The summed E-state index contributed by atoms with van der Waals surface area (Å²) in [4.78, 5) is 16.1. The van der Waals surface area contributed by atoms with Gasteiger partial charge in [-0.15, -0.1) is 0 Å². The van der Waals surface area contributed by atoms with Crippen molar-refractivity contribution in [2.24, 2.45) is 23.2 Å². The highest BCUT2D eigenvalue weighted by Crippen LogP contribution is 2.61. The van der Waals surface area contributed by atoms with Gasteiger partial charge in [-0.2, -0.15) is 0 Å². The summed E-state index contributed by atoms with van der Waals surface area (Å²) in [6.07, 6.45) is 9.82. The van der Waals surface area contributed by atoms with Crippen LogP contribution >= 0.6 is 0 Å². The monoisotopic (exact) mass is 369 g/mol. The zero-order valence-corrected chi connectivity index (χ0v) is 16.6. The smallest absolute Gasteiger partial charge is 0.229 e. The largest absolute Gasteiger partial charge is 0.497 e. The summed E-state index contributed by atoms with van der Waals surface area (Å²) in [7, 11) is 3.39. The van der Waals surface area contributed by atoms with Crippen LogP contribution in [0.2, 0.25) is 0 Å². The molecule has 5 aliphatic carbocycles. The Morgan fingerprint density at radius 3 is 2.19 bits per heavy atom. The molecule has 1 aromatic carbocycles. The Morgan fingerprint density at radius 1 is 1.04 bits per heavy atom. The molecule has 4 heteroatoms. The number of carbonyl (C=O) groups is 1. The molecule has 5 aliphatic rings. The van der Waals surface area contributed by atoms with Crippen LogP contribution in [-0.4, -0.2) is 31.1 Å². The highest BCUT2D eigenvalue weighted by Gasteiger charge is 2.56. The van der Waals surface area contributed by atoms with Gasteiger partial charge >= 0.3 is 0 Å². The number of rotatable bonds is 6. The normalized spacial score (nSPS) is 33.8. The third-order valence-corrected chi connectivity index (χ3v) is 7.57. The minimum absolute atomic E-state index is 0.0660. The van der Waals surface area contributed by atoms with Gasteiger partial charge in [0.2, 0.25) is 5.91 Å². The molecule has 27 heavy (non-hydrogen) atoms. The van der Waals surface area contributed by atoms with E-state index in [0.29, 0.717) is 18.5 Å². The van der Waals surface area contributed by atoms with Crippen LogP contribution in [0.25, 0.3) is 0 Å². The summed E-state index contributed by atoms with van der Waals surface area (Å²) in [5.41, 5.74) is 0.991. The molecule has 1 aromatic rings. The van der Waals surface area contributed by atoms with Crippen molar-refractivity contribution in [2.45, 2.75) is 64.0 Å². The molecule has 4 nitrogen and oxygen atoms in total. The summed E-state index contributed by atoms with van der Waals surface area (Å²) in [5, 5.41) is 0. The molecule has 5 saturated carbocycles. The van der Waals surface area contributed by atoms with E-state index < -0.39 is 0 Å². The second-order valence-corrected chi connectivity index (χ2v) is 9.54. The van der Waals surface area contributed by atoms with Crippen LogP contribution in [0.4, 0.5) is 0 Å². The first kappa shape index (κ1) is 17.4. The number of carbonyl (C=O) groups excluding carboxylic acids is 1. The molecule has 0 N–H and O–H groups in total. The molecule has 0 atom stereocenters. The number of benzene rings is 1. The van der Waals surface area contributed by atoms with Gasteiger partial charge in [0.15, 0.2) is 0 Å². The van der Waals surface area contributed by atoms with Crippen molar-refractivity contribution in [1.29, 1.82) is 0 Å². The fourth-order valence-electron chi connectivity index (χ4n) is 6.62. The van der Waals surface area contributed by atoms with Crippen LogP contribution in [0.1, 0.15) is 56.9 Å². The predicted molar refractivity (Wildman–Crippen MR) is 104 cm³/mol. The Labute approximate surface area is 162 Å². The zero-order chi connectivity index (χ0) is 18.6. The molecule has 5 fully saturated rings. The van der Waals surface area contributed by atoms with Crippen LogP contribution in [-0.2, 0) is 11.3 Å². The summed E-state index contributed by atoms with van der Waals surface area (Å²) in [6, 6.07) is 6.32. The van der Waals surface area contributed by atoms with Crippen molar-refractivity contribution in [3.8, 4) is 11.5 Å². The molecule has 0 radical (unpaired) electrons. The van der Waals surface area contributed by atoms with Crippen molar-refractivity contribution in [1.82, 2.24) is 4.90 Å². The lowest BCUT2D eigenvalue weighted by Gasteiger charge is -2.56. The maximum Gasteiger partial charge on any atom is 0.229 e. The van der Waals surface area contributed by atoms with Crippen molar-refractivity contribution >= 4 is 5.91 Å². The summed E-state index contributed by atoms with van der Waals surface area (Å²) >= 11 is 0. The summed E-state index contributed by atoms with van der Waals surface area (Å²) in [6.45, 7) is 0.644. The van der Waals surface area contributed by atoms with Crippen LogP contribution in [0.3, 0.4) is 0 Å². The van der Waals surface area contributed by atoms with Gasteiger partial charge in [-0.25, -0.2) is 0 Å². The topological polar surface area (TPSA) is 38.8 Å². The lowest BCUT2D eigenvalue weighted by Crippen LogP contribution is -2.54. The van der Waals surface area contributed by atoms with E-state index in [1.165, 1.54) is 19.3 Å². The second kappa shape index (κ2) is 6.42. The summed E-state index contributed by atoms with van der Waals surface area (Å²) < 4.78 is 11.0. The molecule has 0 aliphatic heterocycles. The minimum atomic E-state index is -0.0660. The molecular formula is C23H31NO3. The molecule has 0 aromatic heterocycles. The molecule has 0 saturated heterocycles. The van der Waals surface area contributed by atoms with Gasteiger partial charge in [0.05, 0.1) is 19.6 Å².